The van der Waals surface area contributed by atoms with Gasteiger partial charge in [-0.25, -0.2) is 9.97 Å². The number of fused-ring (bicyclic) bond motifs is 1. The predicted molar refractivity (Wildman–Crippen MR) is 119 cm³/mol. The molecule has 2 saturated carbocycles. The van der Waals surface area contributed by atoms with Crippen LogP contribution in [0.5, 0.6) is 0 Å². The Bertz CT molecular complexity index is 1250. The van der Waals surface area contributed by atoms with E-state index < -0.39 is 0 Å². The third-order valence-electron chi connectivity index (χ3n) is 5.51. The summed E-state index contributed by atoms with van der Waals surface area (Å²) in [5.74, 6) is 2.34. The molecule has 3 heterocycles. The van der Waals surface area contributed by atoms with Crippen molar-refractivity contribution in [3.63, 3.8) is 0 Å². The van der Waals surface area contributed by atoms with Crippen LogP contribution in [0.25, 0.3) is 5.65 Å². The molecule has 9 heteroatoms. The van der Waals surface area contributed by atoms with Crippen molar-refractivity contribution < 1.29 is 4.79 Å². The molecule has 2 aliphatic rings. The summed E-state index contributed by atoms with van der Waals surface area (Å²) < 4.78 is 1.91. The van der Waals surface area contributed by atoms with E-state index in [9.17, 15) is 4.79 Å². The van der Waals surface area contributed by atoms with Crippen molar-refractivity contribution >= 4 is 40.8 Å². The maximum absolute atomic E-state index is 11.9. The summed E-state index contributed by atoms with van der Waals surface area (Å²) in [4.78, 5) is 22.2. The van der Waals surface area contributed by atoms with Gasteiger partial charge in [-0.2, -0.15) is 5.10 Å². The molecular weight excluding hydrogens is 410 g/mol. The van der Waals surface area contributed by atoms with Crippen LogP contribution in [0.3, 0.4) is 0 Å². The van der Waals surface area contributed by atoms with E-state index in [0.29, 0.717) is 11.9 Å². The number of carbonyl (C=O) groups excluding carboxylic acids is 1. The summed E-state index contributed by atoms with van der Waals surface area (Å²) in [6, 6.07) is 11.9. The first-order valence-corrected chi connectivity index (χ1v) is 11.3. The lowest BCUT2D eigenvalue weighted by atomic mass is 10.3. The number of rotatable bonds is 7. The van der Waals surface area contributed by atoms with Gasteiger partial charge in [-0.1, -0.05) is 11.8 Å². The quantitative estimate of drug-likeness (QED) is 0.371. The number of aromatic nitrogens is 5. The Hall–Kier alpha value is -3.33. The highest BCUT2D eigenvalue weighted by Gasteiger charge is 2.29. The SMILES string of the molecule is O=C(Nc1ccc(Sc2cc3nccn3c(Nc3cc(C4CC4)[nH]n3)n2)cc1)C1CC1. The normalized spacial score (nSPS) is 15.9. The summed E-state index contributed by atoms with van der Waals surface area (Å²) in [5.41, 5.74) is 2.81. The van der Waals surface area contributed by atoms with Gasteiger partial charge in [-0.05, 0) is 49.9 Å². The van der Waals surface area contributed by atoms with Gasteiger partial charge in [0.25, 0.3) is 0 Å². The zero-order valence-electron chi connectivity index (χ0n) is 16.7. The predicted octanol–water partition coefficient (Wildman–Crippen LogP) is 4.57. The minimum atomic E-state index is 0.116. The molecule has 1 amide bonds. The maximum atomic E-state index is 11.9. The lowest BCUT2D eigenvalue weighted by molar-refractivity contribution is -0.117. The fourth-order valence-electron chi connectivity index (χ4n) is 3.48. The molecule has 0 atom stereocenters. The highest BCUT2D eigenvalue weighted by molar-refractivity contribution is 7.99. The van der Waals surface area contributed by atoms with Crippen LogP contribution in [0, 0.1) is 5.92 Å². The molecule has 2 fully saturated rings. The van der Waals surface area contributed by atoms with Crippen LogP contribution < -0.4 is 10.6 Å². The molecule has 0 bridgehead atoms. The molecule has 0 unspecified atom stereocenters. The van der Waals surface area contributed by atoms with Gasteiger partial charge in [0.1, 0.15) is 10.7 Å². The standard InChI is InChI=1S/C22H21N7OS/c30-21(14-3-4-14)24-15-5-7-16(8-6-15)31-20-12-19-23-9-10-29(19)22(26-20)25-18-11-17(27-28-18)13-1-2-13/h5-14H,1-4H2,(H,24,30)(H2,25,26,27,28). The number of anilines is 3. The first-order valence-electron chi connectivity index (χ1n) is 10.5. The fourth-order valence-corrected chi connectivity index (χ4v) is 4.29. The van der Waals surface area contributed by atoms with Gasteiger partial charge in [0.15, 0.2) is 5.82 Å². The molecule has 6 rings (SSSR count). The summed E-state index contributed by atoms with van der Waals surface area (Å²) in [6.45, 7) is 0. The van der Waals surface area contributed by atoms with E-state index in [-0.39, 0.29) is 11.8 Å². The van der Waals surface area contributed by atoms with Crippen LogP contribution in [0.4, 0.5) is 17.5 Å². The molecule has 3 aromatic heterocycles. The number of hydrogen-bond acceptors (Lipinski definition) is 6. The highest BCUT2D eigenvalue weighted by atomic mass is 32.2. The molecule has 2 aliphatic carbocycles. The first-order chi connectivity index (χ1) is 15.2. The summed E-state index contributed by atoms with van der Waals surface area (Å²) in [7, 11) is 0. The summed E-state index contributed by atoms with van der Waals surface area (Å²) in [5, 5.41) is 14.6. The van der Waals surface area contributed by atoms with E-state index in [4.69, 9.17) is 4.98 Å². The van der Waals surface area contributed by atoms with Crippen LogP contribution >= 0.6 is 11.8 Å². The van der Waals surface area contributed by atoms with E-state index in [1.807, 2.05) is 40.9 Å². The number of hydrogen-bond donors (Lipinski definition) is 3. The van der Waals surface area contributed by atoms with Gasteiger partial charge in [-0.3, -0.25) is 14.3 Å². The molecule has 1 aromatic carbocycles. The van der Waals surface area contributed by atoms with Crippen LogP contribution in [0.2, 0.25) is 0 Å². The second-order valence-corrected chi connectivity index (χ2v) is 9.16. The molecule has 31 heavy (non-hydrogen) atoms. The molecule has 8 nitrogen and oxygen atoms in total. The van der Waals surface area contributed by atoms with Gasteiger partial charge in [-0.15, -0.1) is 0 Å². The van der Waals surface area contributed by atoms with Crippen LogP contribution in [-0.4, -0.2) is 30.5 Å². The van der Waals surface area contributed by atoms with Gasteiger partial charge >= 0.3 is 0 Å². The monoisotopic (exact) mass is 431 g/mol. The van der Waals surface area contributed by atoms with E-state index in [1.54, 1.807) is 18.0 Å². The molecule has 0 saturated heterocycles. The number of carbonyl (C=O) groups is 1. The molecule has 3 N–H and O–H groups in total. The Labute approximate surface area is 182 Å². The topological polar surface area (TPSA) is 100 Å². The van der Waals surface area contributed by atoms with Crippen molar-refractivity contribution in [2.24, 2.45) is 5.92 Å². The largest absolute Gasteiger partial charge is 0.326 e. The zero-order chi connectivity index (χ0) is 20.8. The number of H-pyrrole nitrogens is 1. The van der Waals surface area contributed by atoms with Crippen LogP contribution in [0.15, 0.2) is 58.7 Å². The van der Waals surface area contributed by atoms with Crippen molar-refractivity contribution in [3.8, 4) is 0 Å². The Morgan fingerprint density at radius 3 is 2.74 bits per heavy atom. The van der Waals surface area contributed by atoms with E-state index in [1.165, 1.54) is 18.5 Å². The Morgan fingerprint density at radius 2 is 1.97 bits per heavy atom. The molecule has 4 aromatic rings. The van der Waals surface area contributed by atoms with Crippen molar-refractivity contribution in [1.82, 2.24) is 24.6 Å². The zero-order valence-corrected chi connectivity index (χ0v) is 17.5. The molecule has 156 valence electrons. The van der Waals surface area contributed by atoms with Crippen molar-refractivity contribution in [3.05, 3.63) is 54.5 Å². The molecule has 0 aliphatic heterocycles. The second-order valence-electron chi connectivity index (χ2n) is 8.07. The van der Waals surface area contributed by atoms with Gasteiger partial charge < -0.3 is 10.6 Å². The summed E-state index contributed by atoms with van der Waals surface area (Å²) in [6.07, 6.45) is 8.08. The average Bonchev–Trinajstić information content (AvgIpc) is 3.70. The number of amides is 1. The Balaban J connectivity index is 1.21. The van der Waals surface area contributed by atoms with Gasteiger partial charge in [0.05, 0.1) is 0 Å². The number of imidazole rings is 1. The summed E-state index contributed by atoms with van der Waals surface area (Å²) >= 11 is 1.55. The van der Waals surface area contributed by atoms with E-state index >= 15 is 0 Å². The number of nitrogens with zero attached hydrogens (tertiary/aromatic N) is 4. The Kier molecular flexibility index (Phi) is 4.41. The average molecular weight is 432 g/mol. The second kappa shape index (κ2) is 7.42. The number of nitrogens with one attached hydrogen (secondary N) is 3. The van der Waals surface area contributed by atoms with Gasteiger partial charge in [0.2, 0.25) is 11.9 Å². The fraction of sp³-hybridized carbons (Fsp3) is 0.273. The smallest absolute Gasteiger partial charge is 0.227 e. The number of aromatic amines is 1. The third kappa shape index (κ3) is 4.00. The van der Waals surface area contributed by atoms with Crippen LogP contribution in [-0.2, 0) is 4.79 Å². The molecular formula is C22H21N7OS. The first kappa shape index (κ1) is 18.4. The maximum Gasteiger partial charge on any atom is 0.227 e. The Morgan fingerprint density at radius 1 is 1.13 bits per heavy atom. The highest BCUT2D eigenvalue weighted by Crippen LogP contribution is 2.39. The van der Waals surface area contributed by atoms with Crippen molar-refractivity contribution in [1.29, 1.82) is 0 Å². The van der Waals surface area contributed by atoms with E-state index in [2.05, 4.69) is 31.9 Å². The van der Waals surface area contributed by atoms with E-state index in [0.717, 1.165) is 39.9 Å². The van der Waals surface area contributed by atoms with Crippen LogP contribution in [0.1, 0.15) is 37.3 Å². The number of benzene rings is 1. The molecule has 0 spiro atoms. The lowest BCUT2D eigenvalue weighted by Gasteiger charge is -2.09. The third-order valence-corrected chi connectivity index (χ3v) is 6.44. The minimum absolute atomic E-state index is 0.116. The van der Waals surface area contributed by atoms with Crippen molar-refractivity contribution in [2.75, 3.05) is 10.6 Å². The van der Waals surface area contributed by atoms with Gasteiger partial charge in [0, 0.05) is 52.6 Å². The minimum Gasteiger partial charge on any atom is -0.326 e. The van der Waals surface area contributed by atoms with Crippen molar-refractivity contribution in [2.45, 2.75) is 41.5 Å². The lowest BCUT2D eigenvalue weighted by Crippen LogP contribution is -2.12. The molecule has 0 radical (unpaired) electrons.